The Morgan fingerprint density at radius 3 is 2.90 bits per heavy atom. The number of hydrogen-bond donors (Lipinski definition) is 2. The molecule has 0 aromatic rings. The number of likely N-dealkylation sites (N-methyl/N-ethyl adjacent to an activating group) is 1. The van der Waals surface area contributed by atoms with Crippen LogP contribution < -0.4 is 11.1 Å². The normalized spacial score (nSPS) is 20.4. The van der Waals surface area contributed by atoms with Crippen molar-refractivity contribution in [3.63, 3.8) is 0 Å². The second-order valence-corrected chi connectivity index (χ2v) is 6.32. The van der Waals surface area contributed by atoms with Gasteiger partial charge in [-0.05, 0) is 20.2 Å². The molecule has 1 aliphatic rings. The molecule has 1 rings (SSSR count). The van der Waals surface area contributed by atoms with Crippen LogP contribution in [0, 0.1) is 0 Å². The molecule has 21 heavy (non-hydrogen) atoms. The Morgan fingerprint density at radius 2 is 2.29 bits per heavy atom. The van der Waals surface area contributed by atoms with Crippen molar-refractivity contribution in [2.45, 2.75) is 19.1 Å². The smallest absolute Gasteiger partial charge is 0.317 e. The molecule has 3 N–H and O–H groups in total. The van der Waals surface area contributed by atoms with Gasteiger partial charge in [0.15, 0.2) is 0 Å². The van der Waals surface area contributed by atoms with Gasteiger partial charge in [0.2, 0.25) is 5.91 Å². The fourth-order valence-electron chi connectivity index (χ4n) is 2.29. The second-order valence-electron chi connectivity index (χ2n) is 5.41. The molecule has 0 aromatic heterocycles. The molecule has 0 aromatic carbocycles. The van der Waals surface area contributed by atoms with E-state index in [2.05, 4.69) is 5.32 Å². The topological polar surface area (TPSA) is 87.9 Å². The van der Waals surface area contributed by atoms with Crippen molar-refractivity contribution in [2.24, 2.45) is 5.73 Å². The zero-order chi connectivity index (χ0) is 15.8. The molecule has 1 heterocycles. The first-order valence-corrected chi connectivity index (χ1v) is 8.44. The van der Waals surface area contributed by atoms with Crippen molar-refractivity contribution in [3.8, 4) is 0 Å². The van der Waals surface area contributed by atoms with Crippen LogP contribution in [0.15, 0.2) is 0 Å². The molecule has 7 nitrogen and oxygen atoms in total. The van der Waals surface area contributed by atoms with Gasteiger partial charge in [0.25, 0.3) is 0 Å². The second kappa shape index (κ2) is 9.11. The third-order valence-corrected chi connectivity index (χ3v) is 3.99. The molecular formula is C13H26N4O3S. The van der Waals surface area contributed by atoms with E-state index in [4.69, 9.17) is 10.5 Å². The fourth-order valence-corrected chi connectivity index (χ4v) is 2.87. The molecule has 1 aliphatic heterocycles. The molecule has 1 saturated heterocycles. The number of carbonyl (C=O) groups excluding carboxylic acids is 2. The molecule has 0 spiro atoms. The summed E-state index contributed by atoms with van der Waals surface area (Å²) in [7, 11) is 1.81. The van der Waals surface area contributed by atoms with Gasteiger partial charge in [0.05, 0.1) is 19.3 Å². The number of thioether (sulfide) groups is 1. The minimum Gasteiger partial charge on any atom is -0.373 e. The summed E-state index contributed by atoms with van der Waals surface area (Å²) in [6.45, 7) is 4.39. The van der Waals surface area contributed by atoms with Crippen LogP contribution in [0.5, 0.6) is 0 Å². The Morgan fingerprint density at radius 1 is 1.57 bits per heavy atom. The lowest BCUT2D eigenvalue weighted by Crippen LogP contribution is -2.54. The summed E-state index contributed by atoms with van der Waals surface area (Å²) in [5.41, 5.74) is 5.16. The Bertz CT molecular complexity index is 356. The van der Waals surface area contributed by atoms with Gasteiger partial charge in [-0.3, -0.25) is 9.69 Å². The van der Waals surface area contributed by atoms with Crippen LogP contribution in [-0.2, 0) is 9.53 Å². The van der Waals surface area contributed by atoms with E-state index in [0.717, 1.165) is 5.75 Å². The molecule has 3 amide bonds. The average Bonchev–Trinajstić information content (AvgIpc) is 2.38. The number of nitrogens with one attached hydrogen (secondary N) is 1. The van der Waals surface area contributed by atoms with Gasteiger partial charge < -0.3 is 20.7 Å². The van der Waals surface area contributed by atoms with Gasteiger partial charge in [-0.2, -0.15) is 11.8 Å². The molecule has 0 saturated carbocycles. The predicted molar refractivity (Wildman–Crippen MR) is 84.4 cm³/mol. The van der Waals surface area contributed by atoms with E-state index in [1.54, 1.807) is 16.7 Å². The standard InChI is InChI=1S/C13H26N4O3S/c1-10(9-21-3)15-13(19)17-4-5-20-11(7-17)6-16(2)8-12(14)18/h10-11H,4-9H2,1-3H3,(H2,14,18)(H,15,19)/t10-,11+/m0/s1. The molecule has 2 atom stereocenters. The number of urea groups is 1. The van der Waals surface area contributed by atoms with Gasteiger partial charge in [-0.15, -0.1) is 0 Å². The van der Waals surface area contributed by atoms with Crippen molar-refractivity contribution < 1.29 is 14.3 Å². The summed E-state index contributed by atoms with van der Waals surface area (Å²) in [5.74, 6) is 0.523. The minimum absolute atomic E-state index is 0.0533. The number of hydrogen-bond acceptors (Lipinski definition) is 5. The summed E-state index contributed by atoms with van der Waals surface area (Å²) >= 11 is 1.70. The summed E-state index contributed by atoms with van der Waals surface area (Å²) < 4.78 is 5.64. The third kappa shape index (κ3) is 7.01. The molecule has 0 unspecified atom stereocenters. The molecular weight excluding hydrogens is 292 g/mol. The van der Waals surface area contributed by atoms with E-state index in [1.807, 2.05) is 25.1 Å². The number of rotatable bonds is 7. The van der Waals surface area contributed by atoms with E-state index in [1.165, 1.54) is 0 Å². The molecule has 0 aliphatic carbocycles. The summed E-state index contributed by atoms with van der Waals surface area (Å²) in [6.07, 6.45) is 1.92. The van der Waals surface area contributed by atoms with Crippen molar-refractivity contribution in [3.05, 3.63) is 0 Å². The van der Waals surface area contributed by atoms with E-state index in [9.17, 15) is 9.59 Å². The van der Waals surface area contributed by atoms with Crippen molar-refractivity contribution in [1.82, 2.24) is 15.1 Å². The van der Waals surface area contributed by atoms with E-state index < -0.39 is 0 Å². The third-order valence-electron chi connectivity index (χ3n) is 3.15. The first-order chi connectivity index (χ1) is 9.92. The molecule has 0 bridgehead atoms. The number of morpholine rings is 1. The van der Waals surface area contributed by atoms with Gasteiger partial charge in [-0.25, -0.2) is 4.79 Å². The molecule has 1 fully saturated rings. The van der Waals surface area contributed by atoms with Gasteiger partial charge in [0, 0.05) is 31.4 Å². The maximum Gasteiger partial charge on any atom is 0.317 e. The lowest BCUT2D eigenvalue weighted by atomic mass is 10.2. The number of amides is 3. The van der Waals surface area contributed by atoms with Gasteiger partial charge in [-0.1, -0.05) is 0 Å². The van der Waals surface area contributed by atoms with Crippen LogP contribution in [-0.4, -0.2) is 85.7 Å². The van der Waals surface area contributed by atoms with E-state index >= 15 is 0 Å². The summed E-state index contributed by atoms with van der Waals surface area (Å²) in [5, 5.41) is 2.98. The van der Waals surface area contributed by atoms with Crippen molar-refractivity contribution >= 4 is 23.7 Å². The highest BCUT2D eigenvalue weighted by molar-refractivity contribution is 7.98. The Labute approximate surface area is 130 Å². The van der Waals surface area contributed by atoms with Gasteiger partial charge in [0.1, 0.15) is 0 Å². The van der Waals surface area contributed by atoms with Crippen molar-refractivity contribution in [2.75, 3.05) is 51.8 Å². The Balaban J connectivity index is 2.40. The summed E-state index contributed by atoms with van der Waals surface area (Å²) in [4.78, 5) is 26.6. The number of primary amides is 1. The van der Waals surface area contributed by atoms with E-state index in [0.29, 0.717) is 26.2 Å². The number of nitrogens with two attached hydrogens (primary N) is 1. The number of nitrogens with zero attached hydrogens (tertiary/aromatic N) is 2. The van der Waals surface area contributed by atoms with Crippen LogP contribution in [0.3, 0.4) is 0 Å². The fraction of sp³-hybridized carbons (Fsp3) is 0.846. The first-order valence-electron chi connectivity index (χ1n) is 7.05. The monoisotopic (exact) mass is 318 g/mol. The largest absolute Gasteiger partial charge is 0.373 e. The lowest BCUT2D eigenvalue weighted by Gasteiger charge is -2.35. The molecule has 0 radical (unpaired) electrons. The minimum atomic E-state index is -0.367. The Kier molecular flexibility index (Phi) is 7.84. The first kappa shape index (κ1) is 18.1. The number of carbonyl (C=O) groups is 2. The van der Waals surface area contributed by atoms with E-state index in [-0.39, 0.29) is 30.6 Å². The van der Waals surface area contributed by atoms with Crippen LogP contribution >= 0.6 is 11.8 Å². The molecule has 8 heteroatoms. The highest BCUT2D eigenvalue weighted by Crippen LogP contribution is 2.07. The summed E-state index contributed by atoms with van der Waals surface area (Å²) in [6, 6.07) is 0.0914. The zero-order valence-corrected chi connectivity index (χ0v) is 13.8. The SMILES string of the molecule is CSC[C@H](C)NC(=O)N1CCO[C@H](CN(C)CC(N)=O)C1. The van der Waals surface area contributed by atoms with Crippen LogP contribution in [0.2, 0.25) is 0 Å². The zero-order valence-electron chi connectivity index (χ0n) is 13.0. The average molecular weight is 318 g/mol. The maximum absolute atomic E-state index is 12.2. The van der Waals surface area contributed by atoms with Crippen LogP contribution in [0.4, 0.5) is 4.79 Å². The number of ether oxygens (including phenoxy) is 1. The highest BCUT2D eigenvalue weighted by atomic mass is 32.2. The lowest BCUT2D eigenvalue weighted by molar-refractivity contribution is -0.119. The predicted octanol–water partition coefficient (Wildman–Crippen LogP) is -0.435. The maximum atomic E-state index is 12.2. The Hall–Kier alpha value is -0.990. The van der Waals surface area contributed by atoms with Crippen LogP contribution in [0.25, 0.3) is 0 Å². The van der Waals surface area contributed by atoms with Crippen molar-refractivity contribution in [1.29, 1.82) is 0 Å². The molecule has 122 valence electrons. The highest BCUT2D eigenvalue weighted by Gasteiger charge is 2.25. The van der Waals surface area contributed by atoms with Gasteiger partial charge >= 0.3 is 6.03 Å². The quantitative estimate of drug-likeness (QED) is 0.665. The van der Waals surface area contributed by atoms with Crippen LogP contribution in [0.1, 0.15) is 6.92 Å².